The fourth-order valence-corrected chi connectivity index (χ4v) is 4.99. The summed E-state index contributed by atoms with van der Waals surface area (Å²) in [6.45, 7) is 4.52. The summed E-state index contributed by atoms with van der Waals surface area (Å²) in [5.41, 5.74) is 2.52. The molecule has 1 heterocycles. The number of sulfone groups is 1. The molecule has 1 saturated heterocycles. The molecule has 0 bridgehead atoms. The standard InChI is InChI=1S/C21H25NO3S/c1-21(22-13-5-6-14-22)15-16-7-3-4-8-19(16)20(21)25-17-9-11-18(12-10-17)26(2,23)24/h3-4,7-12,20H,5-6,13-15H2,1-2H3/t20-,21-/m1/s1. The molecule has 2 aliphatic rings. The average molecular weight is 372 g/mol. The first-order chi connectivity index (χ1) is 12.4. The SMILES string of the molecule is C[C@@]1(N2CCCC2)Cc2ccccc2[C@H]1Oc1ccc(S(C)(=O)=O)cc1. The topological polar surface area (TPSA) is 46.6 Å². The Balaban J connectivity index is 1.67. The van der Waals surface area contributed by atoms with E-state index < -0.39 is 9.84 Å². The number of hydrogen-bond acceptors (Lipinski definition) is 4. The molecule has 0 radical (unpaired) electrons. The van der Waals surface area contributed by atoms with Gasteiger partial charge in [0.1, 0.15) is 11.9 Å². The molecule has 4 nitrogen and oxygen atoms in total. The quantitative estimate of drug-likeness (QED) is 0.824. The summed E-state index contributed by atoms with van der Waals surface area (Å²) in [5.74, 6) is 0.713. The summed E-state index contributed by atoms with van der Waals surface area (Å²) in [4.78, 5) is 2.88. The highest BCUT2D eigenvalue weighted by Crippen LogP contribution is 2.46. The minimum Gasteiger partial charge on any atom is -0.484 e. The number of fused-ring (bicyclic) bond motifs is 1. The Hall–Kier alpha value is -1.85. The molecule has 138 valence electrons. The van der Waals surface area contributed by atoms with Crippen molar-refractivity contribution in [2.45, 2.75) is 42.7 Å². The van der Waals surface area contributed by atoms with Crippen molar-refractivity contribution in [3.8, 4) is 5.75 Å². The Labute approximate surface area is 155 Å². The fraction of sp³-hybridized carbons (Fsp3) is 0.429. The smallest absolute Gasteiger partial charge is 0.175 e. The number of nitrogens with zero attached hydrogens (tertiary/aromatic N) is 1. The molecule has 26 heavy (non-hydrogen) atoms. The van der Waals surface area contributed by atoms with Crippen molar-refractivity contribution in [2.75, 3.05) is 19.3 Å². The third-order valence-corrected chi connectivity index (χ3v) is 6.91. The molecule has 2 aromatic rings. The van der Waals surface area contributed by atoms with Crippen LogP contribution in [0.15, 0.2) is 53.4 Å². The summed E-state index contributed by atoms with van der Waals surface area (Å²) in [6, 6.07) is 15.3. The third-order valence-electron chi connectivity index (χ3n) is 5.79. The number of likely N-dealkylation sites (tertiary alicyclic amines) is 1. The molecule has 1 aliphatic carbocycles. The molecule has 2 aromatic carbocycles. The van der Waals surface area contributed by atoms with Gasteiger partial charge in [0, 0.05) is 6.26 Å². The summed E-state index contributed by atoms with van der Waals surface area (Å²) in [6.07, 6.45) is 4.63. The largest absolute Gasteiger partial charge is 0.484 e. The highest BCUT2D eigenvalue weighted by Gasteiger charge is 2.48. The van der Waals surface area contributed by atoms with Gasteiger partial charge in [-0.3, -0.25) is 4.90 Å². The van der Waals surface area contributed by atoms with E-state index in [2.05, 4.69) is 36.1 Å². The summed E-state index contributed by atoms with van der Waals surface area (Å²) >= 11 is 0. The molecule has 0 amide bonds. The minimum atomic E-state index is -3.20. The maximum atomic E-state index is 11.7. The zero-order valence-corrected chi connectivity index (χ0v) is 16.1. The van der Waals surface area contributed by atoms with Crippen LogP contribution < -0.4 is 4.74 Å². The highest BCUT2D eigenvalue weighted by molar-refractivity contribution is 7.90. The summed E-state index contributed by atoms with van der Waals surface area (Å²) < 4.78 is 29.8. The Morgan fingerprint density at radius 3 is 2.35 bits per heavy atom. The lowest BCUT2D eigenvalue weighted by Gasteiger charge is -2.40. The van der Waals surface area contributed by atoms with Crippen molar-refractivity contribution >= 4 is 9.84 Å². The first-order valence-electron chi connectivity index (χ1n) is 9.17. The second kappa shape index (κ2) is 6.39. The Bertz CT molecular complexity index is 901. The summed E-state index contributed by atoms with van der Waals surface area (Å²) in [5, 5.41) is 0. The van der Waals surface area contributed by atoms with Gasteiger partial charge in [0.15, 0.2) is 9.84 Å². The molecule has 2 atom stereocenters. The van der Waals surface area contributed by atoms with Crippen molar-refractivity contribution in [3.05, 3.63) is 59.7 Å². The van der Waals surface area contributed by atoms with Gasteiger partial charge < -0.3 is 4.74 Å². The lowest BCUT2D eigenvalue weighted by atomic mass is 9.93. The van der Waals surface area contributed by atoms with Crippen LogP contribution in [-0.2, 0) is 16.3 Å². The first-order valence-corrected chi connectivity index (χ1v) is 11.1. The molecule has 0 N–H and O–H groups in total. The third kappa shape index (κ3) is 3.03. The molecule has 0 spiro atoms. The van der Waals surface area contributed by atoms with Gasteiger partial charge >= 0.3 is 0 Å². The zero-order valence-electron chi connectivity index (χ0n) is 15.3. The maximum Gasteiger partial charge on any atom is 0.175 e. The summed E-state index contributed by atoms with van der Waals surface area (Å²) in [7, 11) is -3.20. The van der Waals surface area contributed by atoms with Crippen molar-refractivity contribution < 1.29 is 13.2 Å². The van der Waals surface area contributed by atoms with Crippen molar-refractivity contribution in [1.82, 2.24) is 4.90 Å². The van der Waals surface area contributed by atoms with Crippen LogP contribution >= 0.6 is 0 Å². The van der Waals surface area contributed by atoms with E-state index in [1.54, 1.807) is 24.3 Å². The van der Waals surface area contributed by atoms with Crippen LogP contribution in [0.4, 0.5) is 0 Å². The molecular formula is C21H25NO3S. The van der Waals surface area contributed by atoms with E-state index in [0.29, 0.717) is 10.6 Å². The lowest BCUT2D eigenvalue weighted by Crippen LogP contribution is -2.49. The molecule has 1 fully saturated rings. The predicted octanol–water partition coefficient (Wildman–Crippen LogP) is 3.62. The molecule has 5 heteroatoms. The molecule has 0 unspecified atom stereocenters. The highest BCUT2D eigenvalue weighted by atomic mass is 32.2. The van der Waals surface area contributed by atoms with Crippen LogP contribution in [0.1, 0.15) is 37.0 Å². The van der Waals surface area contributed by atoms with E-state index in [4.69, 9.17) is 4.74 Å². The van der Waals surface area contributed by atoms with Crippen LogP contribution in [0.2, 0.25) is 0 Å². The van der Waals surface area contributed by atoms with E-state index in [1.807, 2.05) is 0 Å². The van der Waals surface area contributed by atoms with E-state index in [9.17, 15) is 8.42 Å². The van der Waals surface area contributed by atoms with Gasteiger partial charge in [-0.05, 0) is 74.7 Å². The van der Waals surface area contributed by atoms with Gasteiger partial charge in [-0.2, -0.15) is 0 Å². The second-order valence-electron chi connectivity index (χ2n) is 7.67. The van der Waals surface area contributed by atoms with E-state index in [0.717, 1.165) is 19.5 Å². The minimum absolute atomic E-state index is 0.0547. The molecular weight excluding hydrogens is 346 g/mol. The Morgan fingerprint density at radius 2 is 1.69 bits per heavy atom. The predicted molar refractivity (Wildman–Crippen MR) is 102 cm³/mol. The normalized spacial score (nSPS) is 26.0. The van der Waals surface area contributed by atoms with E-state index in [1.165, 1.54) is 30.2 Å². The average Bonchev–Trinajstić information content (AvgIpc) is 3.23. The number of hydrogen-bond donors (Lipinski definition) is 0. The van der Waals surface area contributed by atoms with Gasteiger partial charge in [-0.15, -0.1) is 0 Å². The van der Waals surface area contributed by atoms with Crippen molar-refractivity contribution in [3.63, 3.8) is 0 Å². The molecule has 0 aromatic heterocycles. The number of benzene rings is 2. The van der Waals surface area contributed by atoms with E-state index in [-0.39, 0.29) is 11.6 Å². The zero-order chi connectivity index (χ0) is 18.4. The second-order valence-corrected chi connectivity index (χ2v) is 9.68. The van der Waals surface area contributed by atoms with Gasteiger partial charge in [-0.1, -0.05) is 24.3 Å². The first kappa shape index (κ1) is 17.6. The van der Waals surface area contributed by atoms with Crippen LogP contribution in [0.3, 0.4) is 0 Å². The Kier molecular flexibility index (Phi) is 4.32. The maximum absolute atomic E-state index is 11.7. The van der Waals surface area contributed by atoms with Crippen LogP contribution in [0.25, 0.3) is 0 Å². The van der Waals surface area contributed by atoms with Gasteiger partial charge in [0.25, 0.3) is 0 Å². The van der Waals surface area contributed by atoms with Crippen molar-refractivity contribution in [1.29, 1.82) is 0 Å². The molecule has 4 rings (SSSR count). The van der Waals surface area contributed by atoms with Gasteiger partial charge in [0.2, 0.25) is 0 Å². The monoisotopic (exact) mass is 371 g/mol. The van der Waals surface area contributed by atoms with E-state index >= 15 is 0 Å². The van der Waals surface area contributed by atoms with Gasteiger partial charge in [-0.25, -0.2) is 8.42 Å². The number of ether oxygens (including phenoxy) is 1. The fourth-order valence-electron chi connectivity index (χ4n) is 4.36. The van der Waals surface area contributed by atoms with Gasteiger partial charge in [0.05, 0.1) is 10.4 Å². The van der Waals surface area contributed by atoms with Crippen LogP contribution in [0.5, 0.6) is 5.75 Å². The Morgan fingerprint density at radius 1 is 1.04 bits per heavy atom. The molecule has 1 aliphatic heterocycles. The van der Waals surface area contributed by atoms with Crippen LogP contribution in [0, 0.1) is 0 Å². The number of rotatable bonds is 4. The van der Waals surface area contributed by atoms with Crippen LogP contribution in [-0.4, -0.2) is 38.2 Å². The van der Waals surface area contributed by atoms with Crippen molar-refractivity contribution in [2.24, 2.45) is 0 Å². The lowest BCUT2D eigenvalue weighted by molar-refractivity contribution is 0.0184. The molecule has 0 saturated carbocycles.